The van der Waals surface area contributed by atoms with Gasteiger partial charge in [-0.3, -0.25) is 9.59 Å². The Morgan fingerprint density at radius 1 is 1.09 bits per heavy atom. The van der Waals surface area contributed by atoms with E-state index in [1.807, 2.05) is 26.0 Å². The van der Waals surface area contributed by atoms with Crippen LogP contribution in [0.15, 0.2) is 47.6 Å². The maximum atomic E-state index is 11.9. The number of carbonyl (C=O) groups excluding carboxylic acids is 2. The highest BCUT2D eigenvalue weighted by atomic mass is 35.5. The number of nitrogens with zero attached hydrogens (tertiary/aromatic N) is 1. The Morgan fingerprint density at radius 3 is 2.61 bits per heavy atom. The average molecular weight is 330 g/mol. The van der Waals surface area contributed by atoms with Crippen LogP contribution in [0.5, 0.6) is 0 Å². The molecule has 0 bridgehead atoms. The summed E-state index contributed by atoms with van der Waals surface area (Å²) in [6.45, 7) is 3.76. The first-order chi connectivity index (χ1) is 11.0. The standard InChI is InChI=1S/C17H16ClN3O2/c1-11-6-7-12(2)15(8-11)20-16(22)17(23)21-19-10-13-4-3-5-14(18)9-13/h3-10H,1-2H3,(H,20,22)(H,21,23)/b19-10-. The molecule has 5 nitrogen and oxygen atoms in total. The maximum Gasteiger partial charge on any atom is 0.329 e. The molecule has 0 saturated heterocycles. The number of hydrogen-bond donors (Lipinski definition) is 2. The monoisotopic (exact) mass is 329 g/mol. The second-order valence-electron chi connectivity index (χ2n) is 5.03. The van der Waals surface area contributed by atoms with E-state index < -0.39 is 11.8 Å². The quantitative estimate of drug-likeness (QED) is 0.516. The third-order valence-electron chi connectivity index (χ3n) is 3.08. The fourth-order valence-corrected chi connectivity index (χ4v) is 2.05. The highest BCUT2D eigenvalue weighted by Gasteiger charge is 2.13. The molecule has 118 valence electrons. The van der Waals surface area contributed by atoms with Crippen molar-refractivity contribution < 1.29 is 9.59 Å². The van der Waals surface area contributed by atoms with Gasteiger partial charge >= 0.3 is 11.8 Å². The summed E-state index contributed by atoms with van der Waals surface area (Å²) in [4.78, 5) is 23.6. The minimum Gasteiger partial charge on any atom is -0.317 e. The van der Waals surface area contributed by atoms with Gasteiger partial charge in [-0.2, -0.15) is 5.10 Å². The van der Waals surface area contributed by atoms with Gasteiger partial charge in [-0.1, -0.05) is 35.9 Å². The summed E-state index contributed by atoms with van der Waals surface area (Å²) in [5.41, 5.74) is 5.36. The maximum absolute atomic E-state index is 11.9. The number of halogens is 1. The van der Waals surface area contributed by atoms with Crippen LogP contribution in [0.2, 0.25) is 5.02 Å². The summed E-state index contributed by atoms with van der Waals surface area (Å²) in [5.74, 6) is -1.62. The first kappa shape index (κ1) is 16.7. The molecular formula is C17H16ClN3O2. The zero-order chi connectivity index (χ0) is 16.8. The Hall–Kier alpha value is -2.66. The molecular weight excluding hydrogens is 314 g/mol. The van der Waals surface area contributed by atoms with Crippen molar-refractivity contribution in [3.05, 3.63) is 64.2 Å². The second-order valence-corrected chi connectivity index (χ2v) is 5.46. The zero-order valence-corrected chi connectivity index (χ0v) is 13.5. The highest BCUT2D eigenvalue weighted by molar-refractivity contribution is 6.39. The second kappa shape index (κ2) is 7.56. The van der Waals surface area contributed by atoms with E-state index in [4.69, 9.17) is 11.6 Å². The van der Waals surface area contributed by atoms with Gasteiger partial charge in [-0.15, -0.1) is 0 Å². The number of rotatable bonds is 3. The van der Waals surface area contributed by atoms with Gasteiger partial charge in [0, 0.05) is 10.7 Å². The van der Waals surface area contributed by atoms with Crippen LogP contribution in [-0.2, 0) is 9.59 Å². The van der Waals surface area contributed by atoms with Crippen LogP contribution in [0.3, 0.4) is 0 Å². The molecule has 0 spiro atoms. The largest absolute Gasteiger partial charge is 0.329 e. The van der Waals surface area contributed by atoms with E-state index in [1.165, 1.54) is 6.21 Å². The molecule has 23 heavy (non-hydrogen) atoms. The van der Waals surface area contributed by atoms with Crippen molar-refractivity contribution >= 4 is 35.3 Å². The molecule has 2 aromatic rings. The number of amides is 2. The number of benzene rings is 2. The predicted octanol–water partition coefficient (Wildman–Crippen LogP) is 3.05. The van der Waals surface area contributed by atoms with E-state index in [2.05, 4.69) is 15.8 Å². The predicted molar refractivity (Wildman–Crippen MR) is 91.7 cm³/mol. The molecule has 6 heteroatoms. The number of carbonyl (C=O) groups is 2. The average Bonchev–Trinajstić information content (AvgIpc) is 2.51. The molecule has 0 aromatic heterocycles. The fourth-order valence-electron chi connectivity index (χ4n) is 1.85. The van der Waals surface area contributed by atoms with Crippen molar-refractivity contribution in [1.29, 1.82) is 0 Å². The molecule has 0 unspecified atom stereocenters. The Kier molecular flexibility index (Phi) is 5.49. The van der Waals surface area contributed by atoms with Crippen molar-refractivity contribution in [3.8, 4) is 0 Å². The van der Waals surface area contributed by atoms with Crippen molar-refractivity contribution in [1.82, 2.24) is 5.43 Å². The summed E-state index contributed by atoms with van der Waals surface area (Å²) in [6.07, 6.45) is 1.41. The van der Waals surface area contributed by atoms with Crippen molar-refractivity contribution in [2.75, 3.05) is 5.32 Å². The molecule has 0 aliphatic heterocycles. The van der Waals surface area contributed by atoms with Crippen LogP contribution in [-0.4, -0.2) is 18.0 Å². The van der Waals surface area contributed by atoms with E-state index in [1.54, 1.807) is 30.3 Å². The first-order valence-electron chi connectivity index (χ1n) is 6.93. The summed E-state index contributed by atoms with van der Waals surface area (Å²) in [6, 6.07) is 12.6. The van der Waals surface area contributed by atoms with Gasteiger partial charge in [-0.25, -0.2) is 5.43 Å². The zero-order valence-electron chi connectivity index (χ0n) is 12.8. The normalized spacial score (nSPS) is 10.6. The molecule has 0 heterocycles. The molecule has 2 aromatic carbocycles. The smallest absolute Gasteiger partial charge is 0.317 e. The van der Waals surface area contributed by atoms with Gasteiger partial charge in [0.05, 0.1) is 6.21 Å². The molecule has 2 rings (SSSR count). The van der Waals surface area contributed by atoms with Crippen LogP contribution in [0.1, 0.15) is 16.7 Å². The molecule has 0 saturated carbocycles. The Balaban J connectivity index is 1.95. The minimum absolute atomic E-state index is 0.563. The summed E-state index contributed by atoms with van der Waals surface area (Å²) < 4.78 is 0. The summed E-state index contributed by atoms with van der Waals surface area (Å²) in [7, 11) is 0. The van der Waals surface area contributed by atoms with Gasteiger partial charge in [-0.05, 0) is 48.7 Å². The lowest BCUT2D eigenvalue weighted by atomic mass is 10.1. The number of anilines is 1. The van der Waals surface area contributed by atoms with Crippen LogP contribution in [0.25, 0.3) is 0 Å². The van der Waals surface area contributed by atoms with Gasteiger partial charge in [0.15, 0.2) is 0 Å². The SMILES string of the molecule is Cc1ccc(C)c(NC(=O)C(=O)N/N=C\c2cccc(Cl)c2)c1. The van der Waals surface area contributed by atoms with E-state index in [-0.39, 0.29) is 0 Å². The fraction of sp³-hybridized carbons (Fsp3) is 0.118. The minimum atomic E-state index is -0.843. The molecule has 2 amide bonds. The van der Waals surface area contributed by atoms with Gasteiger partial charge in [0.1, 0.15) is 0 Å². The van der Waals surface area contributed by atoms with Crippen LogP contribution in [0, 0.1) is 13.8 Å². The summed E-state index contributed by atoms with van der Waals surface area (Å²) in [5, 5.41) is 6.87. The number of nitrogens with one attached hydrogen (secondary N) is 2. The molecule has 0 atom stereocenters. The molecule has 0 radical (unpaired) electrons. The Bertz CT molecular complexity index is 772. The van der Waals surface area contributed by atoms with Crippen LogP contribution in [0.4, 0.5) is 5.69 Å². The number of hydrazone groups is 1. The molecule has 2 N–H and O–H groups in total. The Morgan fingerprint density at radius 2 is 1.87 bits per heavy atom. The van der Waals surface area contributed by atoms with E-state index in [0.717, 1.165) is 11.1 Å². The van der Waals surface area contributed by atoms with Crippen LogP contribution >= 0.6 is 11.6 Å². The third kappa shape index (κ3) is 4.93. The van der Waals surface area contributed by atoms with E-state index in [0.29, 0.717) is 16.3 Å². The van der Waals surface area contributed by atoms with Crippen molar-refractivity contribution in [2.24, 2.45) is 5.10 Å². The van der Waals surface area contributed by atoms with Crippen LogP contribution < -0.4 is 10.7 Å². The van der Waals surface area contributed by atoms with Crippen molar-refractivity contribution in [2.45, 2.75) is 13.8 Å². The van der Waals surface area contributed by atoms with Crippen molar-refractivity contribution in [3.63, 3.8) is 0 Å². The lowest BCUT2D eigenvalue weighted by molar-refractivity contribution is -0.136. The third-order valence-corrected chi connectivity index (χ3v) is 3.31. The number of aryl methyl sites for hydroxylation is 2. The van der Waals surface area contributed by atoms with Gasteiger partial charge in [0.2, 0.25) is 0 Å². The van der Waals surface area contributed by atoms with Gasteiger partial charge < -0.3 is 5.32 Å². The molecule has 0 fully saturated rings. The number of hydrogen-bond acceptors (Lipinski definition) is 3. The van der Waals surface area contributed by atoms with E-state index >= 15 is 0 Å². The van der Waals surface area contributed by atoms with E-state index in [9.17, 15) is 9.59 Å². The summed E-state index contributed by atoms with van der Waals surface area (Å²) >= 11 is 5.84. The molecule has 0 aliphatic rings. The molecule has 0 aliphatic carbocycles. The first-order valence-corrected chi connectivity index (χ1v) is 7.31. The topological polar surface area (TPSA) is 70.6 Å². The lowest BCUT2D eigenvalue weighted by Gasteiger charge is -2.08. The van der Waals surface area contributed by atoms with Gasteiger partial charge in [0.25, 0.3) is 0 Å². The lowest BCUT2D eigenvalue weighted by Crippen LogP contribution is -2.32. The Labute approximate surface area is 139 Å². The highest BCUT2D eigenvalue weighted by Crippen LogP contribution is 2.16.